The van der Waals surface area contributed by atoms with Gasteiger partial charge in [-0.2, -0.15) is 0 Å². The summed E-state index contributed by atoms with van der Waals surface area (Å²) in [6.45, 7) is 3.23. The summed E-state index contributed by atoms with van der Waals surface area (Å²) in [4.78, 5) is 2.21. The van der Waals surface area contributed by atoms with Gasteiger partial charge in [-0.15, -0.1) is 0 Å². The van der Waals surface area contributed by atoms with Crippen LogP contribution in [0.1, 0.15) is 19.8 Å². The maximum absolute atomic E-state index is 2.21. The van der Waals surface area contributed by atoms with Gasteiger partial charge in [-0.3, -0.25) is 0 Å². The SMILES string of the molecule is C/C=C/N1C=CCCC1. The van der Waals surface area contributed by atoms with Crippen LogP contribution < -0.4 is 0 Å². The van der Waals surface area contributed by atoms with Gasteiger partial charge in [0.15, 0.2) is 0 Å². The first-order chi connectivity index (χ1) is 4.43. The Morgan fingerprint density at radius 3 is 3.00 bits per heavy atom. The van der Waals surface area contributed by atoms with E-state index < -0.39 is 0 Å². The smallest absolute Gasteiger partial charge is 0.0222 e. The monoisotopic (exact) mass is 123 g/mol. The van der Waals surface area contributed by atoms with E-state index in [4.69, 9.17) is 0 Å². The third-order valence-electron chi connectivity index (χ3n) is 1.42. The van der Waals surface area contributed by atoms with Crippen LogP contribution in [-0.2, 0) is 0 Å². The molecule has 1 heteroatoms. The molecule has 0 amide bonds. The third-order valence-corrected chi connectivity index (χ3v) is 1.42. The highest BCUT2D eigenvalue weighted by Crippen LogP contribution is 2.04. The zero-order valence-corrected chi connectivity index (χ0v) is 5.88. The minimum atomic E-state index is 1.18. The molecule has 1 aliphatic rings. The predicted molar refractivity (Wildman–Crippen MR) is 39.9 cm³/mol. The van der Waals surface area contributed by atoms with Gasteiger partial charge in [0.2, 0.25) is 0 Å². The number of nitrogens with zero attached hydrogens (tertiary/aromatic N) is 1. The second-order valence-electron chi connectivity index (χ2n) is 2.25. The van der Waals surface area contributed by atoms with E-state index in [0.717, 1.165) is 0 Å². The molecule has 0 aliphatic carbocycles. The van der Waals surface area contributed by atoms with Crippen molar-refractivity contribution in [3.8, 4) is 0 Å². The fraction of sp³-hybridized carbons (Fsp3) is 0.500. The molecule has 0 saturated carbocycles. The number of hydrogen-bond donors (Lipinski definition) is 0. The average Bonchev–Trinajstić information content (AvgIpc) is 1.91. The maximum atomic E-state index is 2.21. The highest BCUT2D eigenvalue weighted by atomic mass is 15.1. The molecule has 1 aliphatic heterocycles. The van der Waals surface area contributed by atoms with E-state index in [9.17, 15) is 0 Å². The molecule has 9 heavy (non-hydrogen) atoms. The van der Waals surface area contributed by atoms with E-state index >= 15 is 0 Å². The van der Waals surface area contributed by atoms with Gasteiger partial charge in [0.25, 0.3) is 0 Å². The molecule has 0 fully saturated rings. The molecular formula is C8H13N. The van der Waals surface area contributed by atoms with Crippen molar-refractivity contribution in [2.75, 3.05) is 6.54 Å². The van der Waals surface area contributed by atoms with Crippen LogP contribution in [0.25, 0.3) is 0 Å². The molecule has 0 radical (unpaired) electrons. The minimum absolute atomic E-state index is 1.18. The van der Waals surface area contributed by atoms with Gasteiger partial charge < -0.3 is 4.90 Å². The molecule has 0 bridgehead atoms. The van der Waals surface area contributed by atoms with E-state index in [1.165, 1.54) is 19.4 Å². The average molecular weight is 123 g/mol. The Kier molecular flexibility index (Phi) is 2.37. The molecule has 0 spiro atoms. The molecule has 0 aromatic carbocycles. The van der Waals surface area contributed by atoms with Crippen molar-refractivity contribution < 1.29 is 0 Å². The van der Waals surface area contributed by atoms with Gasteiger partial charge in [-0.25, -0.2) is 0 Å². The van der Waals surface area contributed by atoms with E-state index in [1.807, 2.05) is 6.92 Å². The summed E-state index contributed by atoms with van der Waals surface area (Å²) < 4.78 is 0. The maximum Gasteiger partial charge on any atom is 0.0222 e. The van der Waals surface area contributed by atoms with Gasteiger partial charge in [0, 0.05) is 6.54 Å². The Morgan fingerprint density at radius 1 is 1.56 bits per heavy atom. The highest BCUT2D eigenvalue weighted by Gasteiger charge is 1.96. The quantitative estimate of drug-likeness (QED) is 0.516. The van der Waals surface area contributed by atoms with Crippen molar-refractivity contribution in [1.82, 2.24) is 4.90 Å². The van der Waals surface area contributed by atoms with Crippen LogP contribution in [0.4, 0.5) is 0 Å². The van der Waals surface area contributed by atoms with Crippen LogP contribution in [0.15, 0.2) is 24.6 Å². The lowest BCUT2D eigenvalue weighted by Gasteiger charge is -2.17. The van der Waals surface area contributed by atoms with Crippen molar-refractivity contribution in [3.63, 3.8) is 0 Å². The summed E-state index contributed by atoms with van der Waals surface area (Å²) in [5.41, 5.74) is 0. The fourth-order valence-electron chi connectivity index (χ4n) is 0.992. The van der Waals surface area contributed by atoms with Crippen molar-refractivity contribution in [3.05, 3.63) is 24.6 Å². The number of allylic oxidation sites excluding steroid dienone is 2. The molecule has 0 aromatic heterocycles. The Hall–Kier alpha value is -0.720. The molecule has 1 heterocycles. The Balaban J connectivity index is 2.40. The normalized spacial score (nSPS) is 19.4. The summed E-state index contributed by atoms with van der Waals surface area (Å²) in [5, 5.41) is 0. The minimum Gasteiger partial charge on any atom is -0.355 e. The first-order valence-corrected chi connectivity index (χ1v) is 3.48. The summed E-state index contributed by atoms with van der Waals surface area (Å²) in [7, 11) is 0. The predicted octanol–water partition coefficient (Wildman–Crippen LogP) is 2.13. The molecule has 0 aromatic rings. The molecule has 0 unspecified atom stereocenters. The van der Waals surface area contributed by atoms with Crippen molar-refractivity contribution in [2.24, 2.45) is 0 Å². The lowest BCUT2D eigenvalue weighted by atomic mass is 10.2. The van der Waals surface area contributed by atoms with Crippen LogP contribution in [0, 0.1) is 0 Å². The second-order valence-corrected chi connectivity index (χ2v) is 2.25. The van der Waals surface area contributed by atoms with Crippen LogP contribution in [-0.4, -0.2) is 11.4 Å². The molecular weight excluding hydrogens is 110 g/mol. The lowest BCUT2D eigenvalue weighted by molar-refractivity contribution is 0.467. The van der Waals surface area contributed by atoms with E-state index in [-0.39, 0.29) is 0 Å². The summed E-state index contributed by atoms with van der Waals surface area (Å²) in [6.07, 6.45) is 11.1. The molecule has 0 N–H and O–H groups in total. The summed E-state index contributed by atoms with van der Waals surface area (Å²) >= 11 is 0. The van der Waals surface area contributed by atoms with Crippen molar-refractivity contribution >= 4 is 0 Å². The number of hydrogen-bond acceptors (Lipinski definition) is 1. The standard InChI is InChI=1S/C8H13N/c1-2-6-9-7-4-3-5-8-9/h2,4,6-7H,3,5,8H2,1H3/b6-2+. The zero-order chi connectivity index (χ0) is 6.53. The topological polar surface area (TPSA) is 3.24 Å². The Morgan fingerprint density at radius 2 is 2.44 bits per heavy atom. The largest absolute Gasteiger partial charge is 0.355 e. The molecule has 0 atom stereocenters. The van der Waals surface area contributed by atoms with Gasteiger partial charge in [0.05, 0.1) is 0 Å². The molecule has 0 saturated heterocycles. The summed E-state index contributed by atoms with van der Waals surface area (Å²) in [5.74, 6) is 0. The zero-order valence-electron chi connectivity index (χ0n) is 5.88. The molecule has 1 rings (SSSR count). The first-order valence-electron chi connectivity index (χ1n) is 3.48. The van der Waals surface area contributed by atoms with Gasteiger partial charge in [0.1, 0.15) is 0 Å². The van der Waals surface area contributed by atoms with Gasteiger partial charge >= 0.3 is 0 Å². The van der Waals surface area contributed by atoms with Crippen LogP contribution in [0.2, 0.25) is 0 Å². The summed E-state index contributed by atoms with van der Waals surface area (Å²) in [6, 6.07) is 0. The van der Waals surface area contributed by atoms with Crippen molar-refractivity contribution in [2.45, 2.75) is 19.8 Å². The highest BCUT2D eigenvalue weighted by molar-refractivity contribution is 4.94. The van der Waals surface area contributed by atoms with Crippen LogP contribution in [0.5, 0.6) is 0 Å². The van der Waals surface area contributed by atoms with Crippen LogP contribution >= 0.6 is 0 Å². The molecule has 50 valence electrons. The van der Waals surface area contributed by atoms with Gasteiger partial charge in [-0.1, -0.05) is 12.2 Å². The lowest BCUT2D eigenvalue weighted by Crippen LogP contribution is -2.13. The van der Waals surface area contributed by atoms with Crippen LogP contribution in [0.3, 0.4) is 0 Å². The Labute approximate surface area is 56.7 Å². The van der Waals surface area contributed by atoms with E-state index in [0.29, 0.717) is 0 Å². The Bertz CT molecular complexity index is 125. The third kappa shape index (κ3) is 1.92. The number of rotatable bonds is 1. The van der Waals surface area contributed by atoms with E-state index in [1.54, 1.807) is 0 Å². The van der Waals surface area contributed by atoms with Gasteiger partial charge in [-0.05, 0) is 32.2 Å². The van der Waals surface area contributed by atoms with E-state index in [2.05, 4.69) is 29.5 Å². The second kappa shape index (κ2) is 3.33. The van der Waals surface area contributed by atoms with Crippen molar-refractivity contribution in [1.29, 1.82) is 0 Å². The molecule has 1 nitrogen and oxygen atoms in total. The first kappa shape index (κ1) is 6.40. The fourth-order valence-corrected chi connectivity index (χ4v) is 0.992.